The van der Waals surface area contributed by atoms with Gasteiger partial charge in [-0.1, -0.05) is 66.7 Å². The molecule has 39 heavy (non-hydrogen) atoms. The summed E-state index contributed by atoms with van der Waals surface area (Å²) >= 11 is 5.52. The first kappa shape index (κ1) is 21.7. The topological polar surface area (TPSA) is 25.8 Å². The van der Waals surface area contributed by atoms with Gasteiger partial charge in [0.2, 0.25) is 0 Å². The molecule has 0 atom stereocenters. The van der Waals surface area contributed by atoms with Gasteiger partial charge in [0, 0.05) is 61.6 Å². The van der Waals surface area contributed by atoms with E-state index in [1.54, 1.807) is 0 Å². The normalized spacial score (nSPS) is 12.1. The van der Waals surface area contributed by atoms with Crippen molar-refractivity contribution in [1.82, 2.24) is 9.97 Å². The molecule has 5 heteroatoms. The molecule has 0 spiro atoms. The van der Waals surface area contributed by atoms with Crippen LogP contribution in [-0.4, -0.2) is 9.97 Å². The maximum absolute atomic E-state index is 5.27. The second-order valence-corrected chi connectivity index (χ2v) is 13.0. The maximum Gasteiger partial charge on any atom is 0.160 e. The Kier molecular flexibility index (Phi) is 4.55. The van der Waals surface area contributed by atoms with Crippen LogP contribution >= 0.6 is 34.0 Å². The molecule has 0 radical (unpaired) electrons. The highest BCUT2D eigenvalue weighted by atomic mass is 32.1. The third-order valence-corrected chi connectivity index (χ3v) is 11.0. The summed E-state index contributed by atoms with van der Waals surface area (Å²) in [7, 11) is 0. The van der Waals surface area contributed by atoms with Gasteiger partial charge in [-0.2, -0.15) is 0 Å². The van der Waals surface area contributed by atoms with E-state index in [-0.39, 0.29) is 0 Å². The van der Waals surface area contributed by atoms with Crippen LogP contribution in [0.5, 0.6) is 0 Å². The third kappa shape index (κ3) is 3.18. The zero-order valence-electron chi connectivity index (χ0n) is 20.5. The van der Waals surface area contributed by atoms with Gasteiger partial charge >= 0.3 is 0 Å². The Labute approximate surface area is 235 Å². The van der Waals surface area contributed by atoms with Crippen molar-refractivity contribution >= 4 is 94.7 Å². The average Bonchev–Trinajstić information content (AvgIpc) is 3.67. The first-order chi connectivity index (χ1) is 19.3. The second-order valence-electron chi connectivity index (χ2n) is 9.76. The predicted octanol–water partition coefficient (Wildman–Crippen LogP) is 10.9. The molecule has 4 heterocycles. The minimum absolute atomic E-state index is 0.772. The molecule has 0 aliphatic heterocycles. The molecule has 182 valence electrons. The van der Waals surface area contributed by atoms with Gasteiger partial charge in [0.1, 0.15) is 0 Å². The fraction of sp³-hybridized carbons (Fsp3) is 0. The molecular formula is C34H18N2S3. The summed E-state index contributed by atoms with van der Waals surface area (Å²) in [5.74, 6) is 0.772. The van der Waals surface area contributed by atoms with E-state index in [9.17, 15) is 0 Å². The number of hydrogen-bond acceptors (Lipinski definition) is 5. The molecule has 5 aromatic carbocycles. The average molecular weight is 551 g/mol. The molecular weight excluding hydrogens is 533 g/mol. The van der Waals surface area contributed by atoms with Crippen molar-refractivity contribution in [2.45, 2.75) is 0 Å². The van der Waals surface area contributed by atoms with Crippen LogP contribution in [0.25, 0.3) is 83.3 Å². The van der Waals surface area contributed by atoms with E-state index in [2.05, 4.69) is 109 Å². The fourth-order valence-corrected chi connectivity index (χ4v) is 9.27. The molecule has 0 amide bonds. The molecule has 0 saturated heterocycles. The van der Waals surface area contributed by atoms with Gasteiger partial charge in [-0.3, -0.25) is 0 Å². The van der Waals surface area contributed by atoms with E-state index in [1.807, 2.05) is 34.0 Å². The first-order valence-corrected chi connectivity index (χ1v) is 15.3. The van der Waals surface area contributed by atoms with E-state index in [1.165, 1.54) is 50.4 Å². The third-order valence-electron chi connectivity index (χ3n) is 7.50. The summed E-state index contributed by atoms with van der Waals surface area (Å²) in [5.41, 5.74) is 4.20. The molecule has 2 nitrogen and oxygen atoms in total. The van der Waals surface area contributed by atoms with E-state index in [0.29, 0.717) is 0 Å². The van der Waals surface area contributed by atoms with Gasteiger partial charge in [0.15, 0.2) is 5.82 Å². The Hall–Kier alpha value is -4.16. The molecule has 0 saturated carbocycles. The zero-order chi connectivity index (χ0) is 25.5. The van der Waals surface area contributed by atoms with Crippen molar-refractivity contribution in [3.05, 3.63) is 109 Å². The van der Waals surface area contributed by atoms with Crippen molar-refractivity contribution in [3.63, 3.8) is 0 Å². The maximum atomic E-state index is 5.27. The lowest BCUT2D eigenvalue weighted by molar-refractivity contribution is 1.24. The van der Waals surface area contributed by atoms with Crippen LogP contribution in [0, 0.1) is 0 Å². The Morgan fingerprint density at radius 1 is 0.436 bits per heavy atom. The number of aromatic nitrogens is 2. The number of fused-ring (bicyclic) bond motifs is 10. The van der Waals surface area contributed by atoms with Crippen LogP contribution < -0.4 is 0 Å². The van der Waals surface area contributed by atoms with E-state index in [4.69, 9.17) is 9.97 Å². The Morgan fingerprint density at radius 2 is 1.13 bits per heavy atom. The molecule has 0 fully saturated rings. The largest absolute Gasteiger partial charge is 0.226 e. The van der Waals surface area contributed by atoms with Crippen molar-refractivity contribution in [2.24, 2.45) is 0 Å². The van der Waals surface area contributed by atoms with Crippen LogP contribution in [-0.2, 0) is 0 Å². The molecule has 0 N–H and O–H groups in total. The van der Waals surface area contributed by atoms with Crippen molar-refractivity contribution in [1.29, 1.82) is 0 Å². The number of hydrogen-bond donors (Lipinski definition) is 0. The molecule has 4 aromatic heterocycles. The zero-order valence-corrected chi connectivity index (χ0v) is 23.0. The molecule has 0 aliphatic carbocycles. The summed E-state index contributed by atoms with van der Waals surface area (Å²) in [6.45, 7) is 0. The smallest absolute Gasteiger partial charge is 0.160 e. The minimum Gasteiger partial charge on any atom is -0.226 e. The van der Waals surface area contributed by atoms with Crippen LogP contribution in [0.4, 0.5) is 0 Å². The Balaban J connectivity index is 1.39. The summed E-state index contributed by atoms with van der Waals surface area (Å²) in [5, 5.41) is 6.41. The van der Waals surface area contributed by atoms with Crippen LogP contribution in [0.1, 0.15) is 0 Å². The van der Waals surface area contributed by atoms with E-state index < -0.39 is 0 Å². The number of rotatable bonds is 2. The van der Waals surface area contributed by atoms with E-state index in [0.717, 1.165) is 32.9 Å². The molecule has 0 aliphatic rings. The van der Waals surface area contributed by atoms with Crippen molar-refractivity contribution in [3.8, 4) is 22.6 Å². The van der Waals surface area contributed by atoms with E-state index >= 15 is 0 Å². The van der Waals surface area contributed by atoms with Crippen molar-refractivity contribution in [2.75, 3.05) is 0 Å². The van der Waals surface area contributed by atoms with Gasteiger partial charge in [-0.25, -0.2) is 9.97 Å². The Morgan fingerprint density at radius 3 is 2.00 bits per heavy atom. The monoisotopic (exact) mass is 550 g/mol. The number of benzene rings is 5. The lowest BCUT2D eigenvalue weighted by Gasteiger charge is -2.07. The molecule has 9 aromatic rings. The van der Waals surface area contributed by atoms with Gasteiger partial charge in [-0.15, -0.1) is 34.0 Å². The summed E-state index contributed by atoms with van der Waals surface area (Å²) in [4.78, 5) is 10.5. The molecule has 0 unspecified atom stereocenters. The summed E-state index contributed by atoms with van der Waals surface area (Å²) in [6.07, 6.45) is 0. The summed E-state index contributed by atoms with van der Waals surface area (Å²) < 4.78 is 7.68. The first-order valence-electron chi connectivity index (χ1n) is 12.8. The minimum atomic E-state index is 0.772. The quantitative estimate of drug-likeness (QED) is 0.214. The highest BCUT2D eigenvalue weighted by Gasteiger charge is 2.20. The number of thiophene rings is 3. The standard InChI is InChI=1S/C34H18N2S3/c1-2-8-19(9-3-1)30-33-31(23-15-17-28-29(32(23)39-33)22-11-5-7-13-26(22)38-28)36-34(35-30)20-14-16-27-24(18-20)21-10-4-6-12-25(21)37-27/h1-18H. The molecule has 9 rings (SSSR count). The number of nitrogens with zero attached hydrogens (tertiary/aromatic N) is 2. The summed E-state index contributed by atoms with van der Waals surface area (Å²) in [6, 6.07) is 39.1. The molecule has 0 bridgehead atoms. The highest BCUT2D eigenvalue weighted by Crippen LogP contribution is 2.46. The highest BCUT2D eigenvalue weighted by molar-refractivity contribution is 7.30. The SMILES string of the molecule is c1ccc(-c2nc(-c3ccc4sc5ccccc5c4c3)nc3c2sc2c3ccc3sc4ccccc4c32)cc1. The van der Waals surface area contributed by atoms with Crippen molar-refractivity contribution < 1.29 is 0 Å². The Bertz CT molecular complexity index is 2390. The van der Waals surface area contributed by atoms with Crippen LogP contribution in [0.15, 0.2) is 109 Å². The van der Waals surface area contributed by atoms with Crippen LogP contribution in [0.2, 0.25) is 0 Å². The van der Waals surface area contributed by atoms with Gasteiger partial charge in [-0.05, 0) is 42.5 Å². The lowest BCUT2D eigenvalue weighted by Crippen LogP contribution is -1.93. The predicted molar refractivity (Wildman–Crippen MR) is 172 cm³/mol. The van der Waals surface area contributed by atoms with Gasteiger partial charge in [0.05, 0.1) is 15.9 Å². The van der Waals surface area contributed by atoms with Gasteiger partial charge in [0.25, 0.3) is 0 Å². The van der Waals surface area contributed by atoms with Gasteiger partial charge < -0.3 is 0 Å². The lowest BCUT2D eigenvalue weighted by atomic mass is 10.1. The second kappa shape index (κ2) is 8.17. The van der Waals surface area contributed by atoms with Crippen LogP contribution in [0.3, 0.4) is 0 Å². The fourth-order valence-electron chi connectivity index (χ4n) is 5.70.